The minimum atomic E-state index is 0.591. The second-order valence-corrected chi connectivity index (χ2v) is 7.69. The zero-order chi connectivity index (χ0) is 21.8. The number of nitrogens with two attached hydrogens (primary N) is 1. The fraction of sp³-hybridized carbons (Fsp3) is 0.417. The number of hydrogen-bond acceptors (Lipinski definition) is 4. The van der Waals surface area contributed by atoms with Gasteiger partial charge in [-0.15, -0.1) is 10.2 Å². The van der Waals surface area contributed by atoms with Gasteiger partial charge >= 0.3 is 0 Å². The van der Waals surface area contributed by atoms with Crippen molar-refractivity contribution >= 4 is 5.84 Å². The Bertz CT molecular complexity index is 882. The van der Waals surface area contributed by atoms with Crippen LogP contribution in [-0.4, -0.2) is 26.5 Å². The largest absolute Gasteiger partial charge is 0.387 e. The van der Waals surface area contributed by atoms with Crippen molar-refractivity contribution in [2.45, 2.75) is 59.9 Å². The van der Waals surface area contributed by atoms with Gasteiger partial charge in [0.1, 0.15) is 0 Å². The Morgan fingerprint density at radius 1 is 1.03 bits per heavy atom. The van der Waals surface area contributed by atoms with Crippen molar-refractivity contribution in [3.8, 4) is 22.5 Å². The summed E-state index contributed by atoms with van der Waals surface area (Å²) < 4.78 is 0. The van der Waals surface area contributed by atoms with Crippen LogP contribution in [0, 0.1) is 5.92 Å². The maximum atomic E-state index is 5.93. The molecule has 0 bridgehead atoms. The van der Waals surface area contributed by atoms with Crippen LogP contribution in [0.2, 0.25) is 0 Å². The van der Waals surface area contributed by atoms with Crippen molar-refractivity contribution in [1.82, 2.24) is 20.6 Å². The lowest BCUT2D eigenvalue weighted by atomic mass is 9.98. The van der Waals surface area contributed by atoms with Crippen LogP contribution in [-0.2, 0) is 6.54 Å². The predicted molar refractivity (Wildman–Crippen MR) is 125 cm³/mol. The maximum Gasteiger partial charge on any atom is 0.205 e. The van der Waals surface area contributed by atoms with E-state index in [1.165, 1.54) is 6.42 Å². The molecule has 3 N–H and O–H groups in total. The van der Waals surface area contributed by atoms with Gasteiger partial charge in [0.2, 0.25) is 5.82 Å². The standard InChI is InChI=1S/C19H22N6.C5H12/c1-2-3-8-18(20)21-13-14-9-11-15(12-10-14)16-6-4-5-7-17(16)19-22-24-25-23-19;1-4-5(2)3/h4-7,9-12H,2-3,8,13H2,1H3,(H2,20,21)(H,22,23,24,25);5H,4H2,1-3H3. The monoisotopic (exact) mass is 406 g/mol. The molecule has 0 aliphatic carbocycles. The van der Waals surface area contributed by atoms with Gasteiger partial charge in [-0.1, -0.05) is 89.1 Å². The van der Waals surface area contributed by atoms with Crippen LogP contribution in [0.5, 0.6) is 0 Å². The molecule has 2 aromatic carbocycles. The van der Waals surface area contributed by atoms with E-state index in [0.717, 1.165) is 53.3 Å². The molecule has 3 rings (SSSR count). The van der Waals surface area contributed by atoms with Gasteiger partial charge in [-0.3, -0.25) is 4.99 Å². The average molecular weight is 407 g/mol. The number of aliphatic imine (C=N–C) groups is 1. The fourth-order valence-corrected chi connectivity index (χ4v) is 2.63. The minimum absolute atomic E-state index is 0.591. The highest BCUT2D eigenvalue weighted by Gasteiger charge is 2.10. The van der Waals surface area contributed by atoms with Gasteiger partial charge in [-0.25, -0.2) is 0 Å². The van der Waals surface area contributed by atoms with Crippen LogP contribution >= 0.6 is 0 Å². The number of amidine groups is 1. The summed E-state index contributed by atoms with van der Waals surface area (Å²) >= 11 is 0. The molecule has 1 aromatic heterocycles. The van der Waals surface area contributed by atoms with Gasteiger partial charge in [-0.05, 0) is 34.2 Å². The molecule has 0 aliphatic heterocycles. The highest BCUT2D eigenvalue weighted by atomic mass is 15.5. The summed E-state index contributed by atoms with van der Waals surface area (Å²) in [7, 11) is 0. The van der Waals surface area contributed by atoms with E-state index >= 15 is 0 Å². The van der Waals surface area contributed by atoms with E-state index in [-0.39, 0.29) is 0 Å². The van der Waals surface area contributed by atoms with E-state index in [9.17, 15) is 0 Å². The van der Waals surface area contributed by atoms with Gasteiger partial charge in [0.05, 0.1) is 12.4 Å². The number of nitrogens with zero attached hydrogens (tertiary/aromatic N) is 4. The first-order valence-corrected chi connectivity index (χ1v) is 10.8. The Kier molecular flexibility index (Phi) is 9.71. The lowest BCUT2D eigenvalue weighted by Crippen LogP contribution is -2.11. The van der Waals surface area contributed by atoms with E-state index in [1.54, 1.807) is 0 Å². The molecule has 3 aromatic rings. The van der Waals surface area contributed by atoms with Gasteiger partial charge in [0, 0.05) is 12.0 Å². The summed E-state index contributed by atoms with van der Waals surface area (Å²) in [6.07, 6.45) is 4.39. The third-order valence-corrected chi connectivity index (χ3v) is 4.85. The van der Waals surface area contributed by atoms with E-state index < -0.39 is 0 Å². The molecule has 1 heterocycles. The summed E-state index contributed by atoms with van der Waals surface area (Å²) in [4.78, 5) is 4.45. The molecule has 0 saturated carbocycles. The first-order chi connectivity index (χ1) is 14.5. The van der Waals surface area contributed by atoms with Crippen molar-refractivity contribution in [1.29, 1.82) is 0 Å². The zero-order valence-electron chi connectivity index (χ0n) is 18.6. The molecule has 0 aliphatic rings. The lowest BCUT2D eigenvalue weighted by molar-refractivity contribution is 0.626. The number of benzene rings is 2. The van der Waals surface area contributed by atoms with Gasteiger partial charge in [0.25, 0.3) is 0 Å². The van der Waals surface area contributed by atoms with Crippen molar-refractivity contribution in [3.05, 3.63) is 54.1 Å². The number of aromatic nitrogens is 4. The Labute approximate surface area is 180 Å². The molecular weight excluding hydrogens is 372 g/mol. The molecule has 0 radical (unpaired) electrons. The number of hydrogen-bond donors (Lipinski definition) is 2. The quantitative estimate of drug-likeness (QED) is 0.374. The minimum Gasteiger partial charge on any atom is -0.387 e. The molecule has 0 atom stereocenters. The number of aromatic amines is 1. The van der Waals surface area contributed by atoms with E-state index in [1.807, 2.05) is 18.2 Å². The predicted octanol–water partition coefficient (Wildman–Crippen LogP) is 5.63. The van der Waals surface area contributed by atoms with Crippen LogP contribution in [0.3, 0.4) is 0 Å². The van der Waals surface area contributed by atoms with Crippen LogP contribution in [0.25, 0.3) is 22.5 Å². The van der Waals surface area contributed by atoms with Gasteiger partial charge in [-0.2, -0.15) is 5.21 Å². The third kappa shape index (κ3) is 7.43. The summed E-state index contributed by atoms with van der Waals surface area (Å²) in [6.45, 7) is 9.41. The first-order valence-electron chi connectivity index (χ1n) is 10.8. The molecule has 6 nitrogen and oxygen atoms in total. The normalized spacial score (nSPS) is 11.3. The highest BCUT2D eigenvalue weighted by molar-refractivity contribution is 5.81. The molecule has 0 fully saturated rings. The Morgan fingerprint density at radius 3 is 2.27 bits per heavy atom. The van der Waals surface area contributed by atoms with Crippen LogP contribution in [0.15, 0.2) is 53.5 Å². The van der Waals surface area contributed by atoms with E-state index in [0.29, 0.717) is 12.4 Å². The Balaban J connectivity index is 0.000000575. The topological polar surface area (TPSA) is 92.8 Å². The summed E-state index contributed by atoms with van der Waals surface area (Å²) in [5.74, 6) is 2.20. The smallest absolute Gasteiger partial charge is 0.205 e. The van der Waals surface area contributed by atoms with Crippen LogP contribution in [0.1, 0.15) is 58.9 Å². The van der Waals surface area contributed by atoms with Crippen LogP contribution < -0.4 is 5.73 Å². The molecular formula is C24H34N6. The second kappa shape index (κ2) is 12.5. The zero-order valence-corrected chi connectivity index (χ0v) is 18.6. The maximum absolute atomic E-state index is 5.93. The van der Waals surface area contributed by atoms with Gasteiger partial charge in [0.15, 0.2) is 0 Å². The van der Waals surface area contributed by atoms with E-state index in [4.69, 9.17) is 5.73 Å². The van der Waals surface area contributed by atoms with Gasteiger partial charge < -0.3 is 5.73 Å². The van der Waals surface area contributed by atoms with Crippen molar-refractivity contribution in [2.75, 3.05) is 0 Å². The summed E-state index contributed by atoms with van der Waals surface area (Å²) in [5, 5.41) is 14.3. The lowest BCUT2D eigenvalue weighted by Gasteiger charge is -2.07. The Hall–Kier alpha value is -3.02. The average Bonchev–Trinajstić information content (AvgIpc) is 3.32. The fourth-order valence-electron chi connectivity index (χ4n) is 2.63. The number of nitrogens with one attached hydrogen (secondary N) is 1. The molecule has 0 spiro atoms. The number of H-pyrrole nitrogens is 1. The number of tetrazole rings is 1. The molecule has 160 valence electrons. The molecule has 0 saturated heterocycles. The summed E-state index contributed by atoms with van der Waals surface area (Å²) in [6, 6.07) is 16.4. The first kappa shape index (κ1) is 23.3. The Morgan fingerprint density at radius 2 is 1.70 bits per heavy atom. The SMILES string of the molecule is CCC(C)C.CCCCC(N)=NCc1ccc(-c2ccccc2-c2nn[nH]n2)cc1. The molecule has 0 unspecified atom stereocenters. The molecule has 30 heavy (non-hydrogen) atoms. The number of unbranched alkanes of at least 4 members (excludes halogenated alkanes) is 1. The van der Waals surface area contributed by atoms with Crippen molar-refractivity contribution in [3.63, 3.8) is 0 Å². The van der Waals surface area contributed by atoms with E-state index in [2.05, 4.69) is 83.6 Å². The third-order valence-electron chi connectivity index (χ3n) is 4.85. The molecule has 6 heteroatoms. The molecule has 0 amide bonds. The van der Waals surface area contributed by atoms with Crippen LogP contribution in [0.4, 0.5) is 0 Å². The second-order valence-electron chi connectivity index (χ2n) is 7.69. The summed E-state index contributed by atoms with van der Waals surface area (Å²) in [5.41, 5.74) is 10.2. The van der Waals surface area contributed by atoms with Crippen molar-refractivity contribution in [2.24, 2.45) is 16.6 Å². The number of rotatable bonds is 8. The van der Waals surface area contributed by atoms with Crippen molar-refractivity contribution < 1.29 is 0 Å². The highest BCUT2D eigenvalue weighted by Crippen LogP contribution is 2.29.